The third-order valence-electron chi connectivity index (χ3n) is 2.83. The fraction of sp³-hybridized carbons (Fsp3) is 0.133. The van der Waals surface area contributed by atoms with Gasteiger partial charge >= 0.3 is 0 Å². The maximum absolute atomic E-state index is 13.7. The van der Waals surface area contributed by atoms with Crippen molar-refractivity contribution in [3.8, 4) is 11.5 Å². The molecular weight excluding hydrogens is 341 g/mol. The first kappa shape index (κ1) is 15.3. The number of halogens is 2. The molecule has 0 heterocycles. The molecule has 0 bridgehead atoms. The quantitative estimate of drug-likeness (QED) is 0.907. The topological polar surface area (TPSA) is 47.6 Å². The van der Waals surface area contributed by atoms with E-state index >= 15 is 0 Å². The lowest BCUT2D eigenvalue weighted by molar-refractivity contribution is 0.102. The van der Waals surface area contributed by atoms with Gasteiger partial charge in [0.05, 0.1) is 25.5 Å². The van der Waals surface area contributed by atoms with E-state index in [4.69, 9.17) is 9.47 Å². The Morgan fingerprint density at radius 3 is 2.52 bits per heavy atom. The van der Waals surface area contributed by atoms with Crippen LogP contribution in [0.3, 0.4) is 0 Å². The Morgan fingerprint density at radius 1 is 1.14 bits per heavy atom. The number of hydrogen-bond donors (Lipinski definition) is 1. The fourth-order valence-corrected chi connectivity index (χ4v) is 2.10. The number of ether oxygens (including phenoxy) is 2. The van der Waals surface area contributed by atoms with Gasteiger partial charge in [0.25, 0.3) is 5.91 Å². The van der Waals surface area contributed by atoms with Crippen LogP contribution in [-0.4, -0.2) is 20.1 Å². The molecule has 0 radical (unpaired) electrons. The van der Waals surface area contributed by atoms with Crippen LogP contribution < -0.4 is 14.8 Å². The average Bonchev–Trinajstić information content (AvgIpc) is 2.49. The lowest BCUT2D eigenvalue weighted by atomic mass is 10.1. The van der Waals surface area contributed by atoms with Gasteiger partial charge < -0.3 is 14.8 Å². The SMILES string of the molecule is COc1ccc(C(=O)Nc2ccc(Br)cc2F)c(OC)c1. The molecule has 0 aliphatic rings. The molecule has 0 aliphatic carbocycles. The third kappa shape index (κ3) is 3.52. The highest BCUT2D eigenvalue weighted by Crippen LogP contribution is 2.26. The van der Waals surface area contributed by atoms with Crippen LogP contribution in [-0.2, 0) is 0 Å². The number of rotatable bonds is 4. The van der Waals surface area contributed by atoms with Crippen molar-refractivity contribution in [3.05, 3.63) is 52.3 Å². The molecule has 1 amide bonds. The molecule has 6 heteroatoms. The summed E-state index contributed by atoms with van der Waals surface area (Å²) in [6.07, 6.45) is 0. The molecule has 4 nitrogen and oxygen atoms in total. The van der Waals surface area contributed by atoms with Crippen molar-refractivity contribution in [3.63, 3.8) is 0 Å². The lowest BCUT2D eigenvalue weighted by Gasteiger charge is -2.11. The smallest absolute Gasteiger partial charge is 0.259 e. The van der Waals surface area contributed by atoms with Crippen molar-refractivity contribution in [2.75, 3.05) is 19.5 Å². The molecule has 0 aliphatic heterocycles. The number of hydrogen-bond acceptors (Lipinski definition) is 3. The van der Waals surface area contributed by atoms with E-state index in [1.54, 1.807) is 24.3 Å². The zero-order chi connectivity index (χ0) is 15.4. The van der Waals surface area contributed by atoms with Crippen LogP contribution in [0.25, 0.3) is 0 Å². The molecule has 0 saturated carbocycles. The zero-order valence-corrected chi connectivity index (χ0v) is 13.0. The van der Waals surface area contributed by atoms with Gasteiger partial charge in [-0.1, -0.05) is 15.9 Å². The van der Waals surface area contributed by atoms with E-state index < -0.39 is 11.7 Å². The zero-order valence-electron chi connectivity index (χ0n) is 11.4. The second kappa shape index (κ2) is 6.58. The molecule has 0 saturated heterocycles. The van der Waals surface area contributed by atoms with Crippen LogP contribution in [0.4, 0.5) is 10.1 Å². The van der Waals surface area contributed by atoms with E-state index in [1.165, 1.54) is 26.4 Å². The first-order valence-electron chi connectivity index (χ1n) is 6.03. The van der Waals surface area contributed by atoms with Crippen molar-refractivity contribution in [1.29, 1.82) is 0 Å². The summed E-state index contributed by atoms with van der Waals surface area (Å²) in [5.41, 5.74) is 0.390. The van der Waals surface area contributed by atoms with Crippen molar-refractivity contribution in [1.82, 2.24) is 0 Å². The minimum absolute atomic E-state index is 0.0982. The summed E-state index contributed by atoms with van der Waals surface area (Å²) in [4.78, 5) is 12.2. The first-order valence-corrected chi connectivity index (χ1v) is 6.83. The Hall–Kier alpha value is -2.08. The van der Waals surface area contributed by atoms with Gasteiger partial charge in [-0.2, -0.15) is 0 Å². The number of amides is 1. The average molecular weight is 354 g/mol. The highest BCUT2D eigenvalue weighted by atomic mass is 79.9. The van der Waals surface area contributed by atoms with Crippen LogP contribution in [0, 0.1) is 5.82 Å². The highest BCUT2D eigenvalue weighted by molar-refractivity contribution is 9.10. The minimum Gasteiger partial charge on any atom is -0.497 e. The van der Waals surface area contributed by atoms with E-state index in [2.05, 4.69) is 21.2 Å². The Morgan fingerprint density at radius 2 is 1.90 bits per heavy atom. The number of benzene rings is 2. The van der Waals surface area contributed by atoms with Crippen molar-refractivity contribution in [2.24, 2.45) is 0 Å². The van der Waals surface area contributed by atoms with Crippen LogP contribution in [0.5, 0.6) is 11.5 Å². The second-order valence-electron chi connectivity index (χ2n) is 4.14. The van der Waals surface area contributed by atoms with Crippen LogP contribution in [0.1, 0.15) is 10.4 Å². The van der Waals surface area contributed by atoms with Crippen LogP contribution in [0.15, 0.2) is 40.9 Å². The fourth-order valence-electron chi connectivity index (χ4n) is 1.77. The van der Waals surface area contributed by atoms with Gasteiger partial charge in [0.15, 0.2) is 0 Å². The molecule has 0 fully saturated rings. The molecular formula is C15H13BrFNO3. The highest BCUT2D eigenvalue weighted by Gasteiger charge is 2.15. The molecule has 21 heavy (non-hydrogen) atoms. The van der Waals surface area contributed by atoms with E-state index in [9.17, 15) is 9.18 Å². The second-order valence-corrected chi connectivity index (χ2v) is 5.06. The van der Waals surface area contributed by atoms with Crippen molar-refractivity contribution < 1.29 is 18.7 Å². The number of nitrogens with one attached hydrogen (secondary N) is 1. The molecule has 1 N–H and O–H groups in total. The Kier molecular flexibility index (Phi) is 4.80. The number of methoxy groups -OCH3 is 2. The van der Waals surface area contributed by atoms with E-state index in [0.717, 1.165) is 0 Å². The summed E-state index contributed by atoms with van der Waals surface area (Å²) in [5.74, 6) is -0.0662. The van der Waals surface area contributed by atoms with Gasteiger partial charge in [-0.05, 0) is 30.3 Å². The third-order valence-corrected chi connectivity index (χ3v) is 3.33. The van der Waals surface area contributed by atoms with Gasteiger partial charge in [-0.3, -0.25) is 4.79 Å². The van der Waals surface area contributed by atoms with Gasteiger partial charge in [0, 0.05) is 10.5 Å². The van der Waals surface area contributed by atoms with Crippen molar-refractivity contribution >= 4 is 27.5 Å². The molecule has 2 rings (SSSR count). The summed E-state index contributed by atoms with van der Waals surface area (Å²) in [6.45, 7) is 0. The summed E-state index contributed by atoms with van der Waals surface area (Å²) < 4.78 is 24.5. The van der Waals surface area contributed by atoms with Crippen molar-refractivity contribution in [2.45, 2.75) is 0 Å². The normalized spacial score (nSPS) is 10.1. The summed E-state index contributed by atoms with van der Waals surface area (Å²) in [7, 11) is 2.97. The number of anilines is 1. The maximum atomic E-state index is 13.7. The van der Waals surface area contributed by atoms with E-state index in [1.807, 2.05) is 0 Å². The predicted molar refractivity (Wildman–Crippen MR) is 81.6 cm³/mol. The maximum Gasteiger partial charge on any atom is 0.259 e. The minimum atomic E-state index is -0.523. The summed E-state index contributed by atoms with van der Waals surface area (Å²) >= 11 is 3.16. The summed E-state index contributed by atoms with van der Waals surface area (Å²) in [6, 6.07) is 9.18. The Bertz CT molecular complexity index is 676. The van der Waals surface area contributed by atoms with E-state index in [-0.39, 0.29) is 5.69 Å². The number of carbonyl (C=O) groups excluding carboxylic acids is 1. The standard InChI is InChI=1S/C15H13BrFNO3/c1-20-10-4-5-11(14(8-10)21-2)15(19)18-13-6-3-9(16)7-12(13)17/h3-8H,1-2H3,(H,18,19). The van der Waals surface area contributed by atoms with Gasteiger partial charge in [0.1, 0.15) is 17.3 Å². The molecule has 0 aromatic heterocycles. The van der Waals surface area contributed by atoms with Gasteiger partial charge in [-0.25, -0.2) is 4.39 Å². The van der Waals surface area contributed by atoms with E-state index in [0.29, 0.717) is 21.5 Å². The Labute approximate surface area is 130 Å². The lowest BCUT2D eigenvalue weighted by Crippen LogP contribution is -2.14. The monoisotopic (exact) mass is 353 g/mol. The van der Waals surface area contributed by atoms with Crippen LogP contribution in [0.2, 0.25) is 0 Å². The van der Waals surface area contributed by atoms with Gasteiger partial charge in [-0.15, -0.1) is 0 Å². The molecule has 2 aromatic carbocycles. The summed E-state index contributed by atoms with van der Waals surface area (Å²) in [5, 5.41) is 2.51. The molecule has 0 unspecified atom stereocenters. The molecule has 110 valence electrons. The largest absolute Gasteiger partial charge is 0.497 e. The Balaban J connectivity index is 2.28. The molecule has 2 aromatic rings. The first-order chi connectivity index (χ1) is 10.0. The van der Waals surface area contributed by atoms with Crippen LogP contribution >= 0.6 is 15.9 Å². The molecule has 0 atom stereocenters. The van der Waals surface area contributed by atoms with Gasteiger partial charge in [0.2, 0.25) is 0 Å². The molecule has 0 spiro atoms. The number of carbonyl (C=O) groups is 1. The predicted octanol–water partition coefficient (Wildman–Crippen LogP) is 3.86.